The first-order valence-electron chi connectivity index (χ1n) is 9.85. The lowest BCUT2D eigenvalue weighted by molar-refractivity contribution is -0.163. The molecule has 1 aliphatic carbocycles. The Morgan fingerprint density at radius 2 is 2.19 bits per heavy atom. The van der Waals surface area contributed by atoms with E-state index >= 15 is 0 Å². The zero-order chi connectivity index (χ0) is 18.6. The number of amides is 1. The fraction of sp³-hybridized carbons (Fsp3) is 0.619. The molecular weight excluding hydrogens is 344 g/mol. The topological polar surface area (TPSA) is 82.8 Å². The molecule has 1 amide bonds. The van der Waals surface area contributed by atoms with E-state index in [2.05, 4.69) is 6.07 Å². The van der Waals surface area contributed by atoms with Gasteiger partial charge in [0.15, 0.2) is 0 Å². The lowest BCUT2D eigenvalue weighted by atomic mass is 9.65. The van der Waals surface area contributed by atoms with Crippen LogP contribution in [0.1, 0.15) is 49.7 Å². The Morgan fingerprint density at radius 1 is 1.37 bits per heavy atom. The summed E-state index contributed by atoms with van der Waals surface area (Å²) in [6, 6.07) is 7.96. The third kappa shape index (κ3) is 1.83. The molecule has 2 bridgehead atoms. The van der Waals surface area contributed by atoms with E-state index in [0.29, 0.717) is 30.9 Å². The van der Waals surface area contributed by atoms with E-state index in [-0.39, 0.29) is 17.7 Å². The van der Waals surface area contributed by atoms with Crippen molar-refractivity contribution in [1.82, 2.24) is 0 Å². The molecule has 1 aromatic carbocycles. The molecule has 4 heterocycles. The Kier molecular flexibility index (Phi) is 2.92. The number of hydrogen-bond donors (Lipinski definition) is 1. The number of nitriles is 1. The maximum absolute atomic E-state index is 13.5. The average Bonchev–Trinajstić information content (AvgIpc) is 3.33. The molecule has 140 valence electrons. The SMILES string of the molecule is C[C@@]12C[C@H](O)C3(CCO[C@H]4[C@@H]3[C@@H]1C(=O)N4c1ccc(C#N)c(C3CC3)c1)O2. The minimum atomic E-state index is -0.668. The molecule has 27 heavy (non-hydrogen) atoms. The van der Waals surface area contributed by atoms with Crippen LogP contribution >= 0.6 is 0 Å². The minimum absolute atomic E-state index is 0.0228. The smallest absolute Gasteiger partial charge is 0.235 e. The lowest BCUT2D eigenvalue weighted by Gasteiger charge is -2.43. The molecule has 1 unspecified atom stereocenters. The Morgan fingerprint density at radius 3 is 2.93 bits per heavy atom. The number of benzene rings is 1. The number of fused-ring (bicyclic) bond motifs is 2. The van der Waals surface area contributed by atoms with Gasteiger partial charge in [0.05, 0.1) is 41.8 Å². The number of nitrogens with zero attached hydrogens (tertiary/aromatic N) is 2. The molecule has 1 saturated carbocycles. The number of ether oxygens (including phenoxy) is 2. The summed E-state index contributed by atoms with van der Waals surface area (Å²) in [7, 11) is 0. The zero-order valence-electron chi connectivity index (χ0n) is 15.2. The van der Waals surface area contributed by atoms with Crippen molar-refractivity contribution in [2.75, 3.05) is 11.5 Å². The van der Waals surface area contributed by atoms with Gasteiger partial charge in [-0.3, -0.25) is 9.69 Å². The Hall–Kier alpha value is -1.94. The van der Waals surface area contributed by atoms with Crippen LogP contribution < -0.4 is 4.90 Å². The standard InChI is InChI=1S/C21H22N2O4/c1-20-9-15(24)21(27-20)6-7-26-19-17(21)16(20)18(25)23(19)13-5-4-12(10-22)14(8-13)11-2-3-11/h4-5,8,11,15-17,19,24H,2-3,6-7,9H2,1H3/t15-,16+,17-,19-,20+,21?/m0/s1. The van der Waals surface area contributed by atoms with Crippen LogP contribution in [0.3, 0.4) is 0 Å². The second kappa shape index (κ2) is 4.91. The van der Waals surface area contributed by atoms with Crippen molar-refractivity contribution in [2.45, 2.75) is 62.1 Å². The van der Waals surface area contributed by atoms with Crippen LogP contribution in [0.4, 0.5) is 5.69 Å². The van der Waals surface area contributed by atoms with E-state index in [1.54, 1.807) is 4.90 Å². The molecular formula is C21H22N2O4. The quantitative estimate of drug-likeness (QED) is 0.866. The average molecular weight is 366 g/mol. The fourth-order valence-corrected chi connectivity index (χ4v) is 6.21. The lowest BCUT2D eigenvalue weighted by Crippen LogP contribution is -2.56. The summed E-state index contributed by atoms with van der Waals surface area (Å²) in [6.07, 6.45) is 2.36. The monoisotopic (exact) mass is 366 g/mol. The maximum atomic E-state index is 13.5. The van der Waals surface area contributed by atoms with Gasteiger partial charge in [-0.2, -0.15) is 5.26 Å². The summed E-state index contributed by atoms with van der Waals surface area (Å²) in [5.41, 5.74) is 1.23. The molecule has 5 aliphatic rings. The number of carbonyl (C=O) groups excluding carboxylic acids is 1. The summed E-state index contributed by atoms with van der Waals surface area (Å²) >= 11 is 0. The summed E-state index contributed by atoms with van der Waals surface area (Å²) < 4.78 is 12.4. The van der Waals surface area contributed by atoms with E-state index in [9.17, 15) is 15.2 Å². The first-order chi connectivity index (χ1) is 13.0. The second-order valence-corrected chi connectivity index (χ2v) is 8.97. The highest BCUT2D eigenvalue weighted by atomic mass is 16.6. The van der Waals surface area contributed by atoms with Gasteiger partial charge in [0.2, 0.25) is 5.91 Å². The summed E-state index contributed by atoms with van der Waals surface area (Å²) in [6.45, 7) is 2.43. The fourth-order valence-electron chi connectivity index (χ4n) is 6.21. The number of aliphatic hydroxyl groups is 1. The molecule has 0 aromatic heterocycles. The number of anilines is 1. The van der Waals surface area contributed by atoms with Crippen molar-refractivity contribution in [3.8, 4) is 6.07 Å². The third-order valence-electron chi connectivity index (χ3n) is 7.46. The first-order valence-corrected chi connectivity index (χ1v) is 9.85. The van der Waals surface area contributed by atoms with Crippen molar-refractivity contribution in [3.05, 3.63) is 29.3 Å². The molecule has 1 N–H and O–H groups in total. The van der Waals surface area contributed by atoms with Crippen molar-refractivity contribution in [1.29, 1.82) is 5.26 Å². The molecule has 0 radical (unpaired) electrons. The normalized spacial score (nSPS) is 44.5. The van der Waals surface area contributed by atoms with Gasteiger partial charge in [-0.15, -0.1) is 0 Å². The van der Waals surface area contributed by atoms with Crippen molar-refractivity contribution in [2.24, 2.45) is 11.8 Å². The van der Waals surface area contributed by atoms with E-state index in [1.807, 2.05) is 25.1 Å². The first kappa shape index (κ1) is 16.1. The molecule has 1 spiro atoms. The van der Waals surface area contributed by atoms with Gasteiger partial charge in [-0.05, 0) is 49.4 Å². The van der Waals surface area contributed by atoms with Crippen LogP contribution in [0.5, 0.6) is 0 Å². The Bertz CT molecular complexity index is 906. The van der Waals surface area contributed by atoms with Crippen molar-refractivity contribution in [3.63, 3.8) is 0 Å². The highest BCUT2D eigenvalue weighted by Gasteiger charge is 2.78. The Labute approximate surface area is 157 Å². The minimum Gasteiger partial charge on any atom is -0.390 e. The van der Waals surface area contributed by atoms with E-state index < -0.39 is 23.5 Å². The van der Waals surface area contributed by atoms with Crippen LogP contribution in [0.25, 0.3) is 0 Å². The second-order valence-electron chi connectivity index (χ2n) is 8.97. The van der Waals surface area contributed by atoms with E-state index in [0.717, 1.165) is 24.1 Å². The molecule has 6 atom stereocenters. The van der Waals surface area contributed by atoms with Gasteiger partial charge in [0.1, 0.15) is 11.8 Å². The third-order valence-corrected chi connectivity index (χ3v) is 7.46. The van der Waals surface area contributed by atoms with E-state index in [1.165, 1.54) is 0 Å². The molecule has 4 saturated heterocycles. The van der Waals surface area contributed by atoms with Crippen molar-refractivity contribution < 1.29 is 19.4 Å². The van der Waals surface area contributed by atoms with Gasteiger partial charge in [-0.1, -0.05) is 0 Å². The zero-order valence-corrected chi connectivity index (χ0v) is 15.2. The highest BCUT2D eigenvalue weighted by Crippen LogP contribution is 2.65. The van der Waals surface area contributed by atoms with E-state index in [4.69, 9.17) is 9.47 Å². The Balaban J connectivity index is 1.46. The largest absolute Gasteiger partial charge is 0.390 e. The molecule has 1 aromatic rings. The number of rotatable bonds is 2. The van der Waals surface area contributed by atoms with Crippen molar-refractivity contribution >= 4 is 11.6 Å². The summed E-state index contributed by atoms with van der Waals surface area (Å²) in [5, 5.41) is 20.1. The molecule has 6 rings (SSSR count). The number of hydrogen-bond acceptors (Lipinski definition) is 5. The molecule has 4 aliphatic heterocycles. The van der Waals surface area contributed by atoms with Crippen LogP contribution in [0.2, 0.25) is 0 Å². The van der Waals surface area contributed by atoms with Gasteiger partial charge in [0, 0.05) is 18.5 Å². The van der Waals surface area contributed by atoms with Crippen LogP contribution in [-0.4, -0.2) is 41.2 Å². The van der Waals surface area contributed by atoms with Gasteiger partial charge >= 0.3 is 0 Å². The molecule has 6 nitrogen and oxygen atoms in total. The predicted molar refractivity (Wildman–Crippen MR) is 94.8 cm³/mol. The highest BCUT2D eigenvalue weighted by molar-refractivity contribution is 6.00. The maximum Gasteiger partial charge on any atom is 0.235 e. The van der Waals surface area contributed by atoms with Gasteiger partial charge in [-0.25, -0.2) is 0 Å². The number of carbonyl (C=O) groups is 1. The number of aliphatic hydroxyl groups excluding tert-OH is 1. The van der Waals surface area contributed by atoms with Crippen LogP contribution in [0, 0.1) is 23.2 Å². The molecule has 6 heteroatoms. The summed E-state index contributed by atoms with van der Waals surface area (Å²) in [4.78, 5) is 15.3. The summed E-state index contributed by atoms with van der Waals surface area (Å²) in [5.74, 6) is 0.0163. The predicted octanol–water partition coefficient (Wildman–Crippen LogP) is 2.05. The van der Waals surface area contributed by atoms with Gasteiger partial charge in [0.25, 0.3) is 0 Å². The van der Waals surface area contributed by atoms with Crippen LogP contribution in [-0.2, 0) is 14.3 Å². The molecule has 5 fully saturated rings. The van der Waals surface area contributed by atoms with Gasteiger partial charge < -0.3 is 14.6 Å². The van der Waals surface area contributed by atoms with Crippen LogP contribution in [0.15, 0.2) is 18.2 Å².